The molecule has 1 aliphatic heterocycles. The van der Waals surface area contributed by atoms with Crippen LogP contribution in [0, 0.1) is 0 Å². The number of rotatable bonds is 3. The third-order valence-electron chi connectivity index (χ3n) is 2.80. The molecule has 0 radical (unpaired) electrons. The lowest BCUT2D eigenvalue weighted by Gasteiger charge is -2.26. The highest BCUT2D eigenvalue weighted by Crippen LogP contribution is 2.20. The zero-order chi connectivity index (χ0) is 12.3. The van der Waals surface area contributed by atoms with Crippen LogP contribution in [0.15, 0.2) is 18.2 Å². The quantitative estimate of drug-likeness (QED) is 0.928. The molecule has 1 aromatic carbocycles. The van der Waals surface area contributed by atoms with Crippen LogP contribution < -0.4 is 0 Å². The number of carboxylic acid groups (broad SMARTS) is 1. The number of hydrogen-bond acceptors (Lipinski definition) is 3. The Morgan fingerprint density at radius 3 is 2.61 bits per heavy atom. The van der Waals surface area contributed by atoms with Crippen LogP contribution in [0.25, 0.3) is 0 Å². The van der Waals surface area contributed by atoms with E-state index in [1.165, 1.54) is 6.07 Å². The minimum Gasteiger partial charge on any atom is -0.478 e. The molecule has 100 valence electrons. The van der Waals surface area contributed by atoms with E-state index in [2.05, 4.69) is 4.90 Å². The van der Waals surface area contributed by atoms with Crippen molar-refractivity contribution >= 4 is 30.0 Å². The molecule has 1 heterocycles. The fourth-order valence-electron chi connectivity index (χ4n) is 1.81. The molecule has 1 aromatic rings. The van der Waals surface area contributed by atoms with Gasteiger partial charge in [0.05, 0.1) is 18.8 Å². The molecule has 2 rings (SSSR count). The summed E-state index contributed by atoms with van der Waals surface area (Å²) in [4.78, 5) is 13.0. The van der Waals surface area contributed by atoms with Crippen molar-refractivity contribution in [3.05, 3.63) is 34.3 Å². The summed E-state index contributed by atoms with van der Waals surface area (Å²) in [5.41, 5.74) is 1.18. The van der Waals surface area contributed by atoms with E-state index in [0.717, 1.165) is 38.4 Å². The fourth-order valence-corrected chi connectivity index (χ4v) is 2.05. The van der Waals surface area contributed by atoms with Crippen LogP contribution in [0.3, 0.4) is 0 Å². The highest BCUT2D eigenvalue weighted by Gasteiger charge is 2.13. The van der Waals surface area contributed by atoms with E-state index in [4.69, 9.17) is 21.4 Å². The van der Waals surface area contributed by atoms with Crippen molar-refractivity contribution in [2.45, 2.75) is 6.54 Å². The normalized spacial score (nSPS) is 16.1. The van der Waals surface area contributed by atoms with E-state index in [0.29, 0.717) is 5.02 Å². The van der Waals surface area contributed by atoms with E-state index >= 15 is 0 Å². The van der Waals surface area contributed by atoms with Crippen molar-refractivity contribution in [2.24, 2.45) is 0 Å². The van der Waals surface area contributed by atoms with Crippen LogP contribution in [0.5, 0.6) is 0 Å². The van der Waals surface area contributed by atoms with Crippen molar-refractivity contribution in [1.82, 2.24) is 4.90 Å². The molecule has 1 saturated heterocycles. The van der Waals surface area contributed by atoms with E-state index in [1.54, 1.807) is 12.1 Å². The number of halogens is 2. The van der Waals surface area contributed by atoms with Crippen LogP contribution in [0.1, 0.15) is 15.9 Å². The molecule has 4 nitrogen and oxygen atoms in total. The fraction of sp³-hybridized carbons (Fsp3) is 0.417. The van der Waals surface area contributed by atoms with Gasteiger partial charge in [0.2, 0.25) is 0 Å². The Kier molecular flexibility index (Phi) is 5.88. The summed E-state index contributed by atoms with van der Waals surface area (Å²) in [5, 5.41) is 9.35. The van der Waals surface area contributed by atoms with Crippen LogP contribution >= 0.6 is 24.0 Å². The van der Waals surface area contributed by atoms with E-state index in [1.807, 2.05) is 0 Å². The second kappa shape index (κ2) is 6.95. The van der Waals surface area contributed by atoms with Gasteiger partial charge in [-0.3, -0.25) is 4.90 Å². The summed E-state index contributed by atoms with van der Waals surface area (Å²) < 4.78 is 5.27. The summed E-state index contributed by atoms with van der Waals surface area (Å²) in [6.45, 7) is 3.99. The van der Waals surface area contributed by atoms with Crippen LogP contribution in [0.2, 0.25) is 5.02 Å². The molecule has 18 heavy (non-hydrogen) atoms. The lowest BCUT2D eigenvalue weighted by atomic mass is 10.1. The first kappa shape index (κ1) is 15.2. The molecule has 0 aromatic heterocycles. The molecular formula is C12H15Cl2NO3. The molecule has 1 aliphatic rings. The average molecular weight is 292 g/mol. The standard InChI is InChI=1S/C12H14ClNO3.ClH/c13-11-7-9(12(15)16)1-2-10(11)8-14-3-5-17-6-4-14;/h1-2,7H,3-6,8H2,(H,15,16);1H. The zero-order valence-electron chi connectivity index (χ0n) is 9.76. The lowest BCUT2D eigenvalue weighted by molar-refractivity contribution is 0.0342. The van der Waals surface area contributed by atoms with Crippen molar-refractivity contribution in [3.63, 3.8) is 0 Å². The van der Waals surface area contributed by atoms with Crippen molar-refractivity contribution in [2.75, 3.05) is 26.3 Å². The van der Waals surface area contributed by atoms with E-state index < -0.39 is 5.97 Å². The monoisotopic (exact) mass is 291 g/mol. The Hall–Kier alpha value is -0.810. The molecule has 0 spiro atoms. The molecule has 0 amide bonds. The first-order valence-electron chi connectivity index (χ1n) is 5.48. The van der Waals surface area contributed by atoms with Gasteiger partial charge in [-0.15, -0.1) is 12.4 Å². The van der Waals surface area contributed by atoms with Crippen LogP contribution in [-0.2, 0) is 11.3 Å². The van der Waals surface area contributed by atoms with Gasteiger partial charge in [0.15, 0.2) is 0 Å². The van der Waals surface area contributed by atoms with Crippen LogP contribution in [0.4, 0.5) is 0 Å². The number of aromatic carboxylic acids is 1. The van der Waals surface area contributed by atoms with Gasteiger partial charge in [-0.25, -0.2) is 4.79 Å². The second-order valence-electron chi connectivity index (χ2n) is 4.00. The second-order valence-corrected chi connectivity index (χ2v) is 4.41. The topological polar surface area (TPSA) is 49.8 Å². The Bertz CT molecular complexity index is 420. The highest BCUT2D eigenvalue weighted by atomic mass is 35.5. The zero-order valence-corrected chi connectivity index (χ0v) is 11.3. The van der Waals surface area contributed by atoms with Gasteiger partial charge >= 0.3 is 5.97 Å². The maximum Gasteiger partial charge on any atom is 0.335 e. The average Bonchev–Trinajstić information content (AvgIpc) is 2.33. The predicted molar refractivity (Wildman–Crippen MR) is 71.8 cm³/mol. The lowest BCUT2D eigenvalue weighted by Crippen LogP contribution is -2.35. The number of carbonyl (C=O) groups is 1. The SMILES string of the molecule is Cl.O=C(O)c1ccc(CN2CCOCC2)c(Cl)c1. The largest absolute Gasteiger partial charge is 0.478 e. The summed E-state index contributed by atoms with van der Waals surface area (Å²) in [5.74, 6) is -0.954. The van der Waals surface area contributed by atoms with Gasteiger partial charge in [-0.05, 0) is 17.7 Å². The van der Waals surface area contributed by atoms with Crippen LogP contribution in [-0.4, -0.2) is 42.3 Å². The van der Waals surface area contributed by atoms with Gasteiger partial charge < -0.3 is 9.84 Å². The minimum atomic E-state index is -0.954. The minimum absolute atomic E-state index is 0. The number of benzene rings is 1. The maximum absolute atomic E-state index is 10.8. The van der Waals surface area contributed by atoms with E-state index in [-0.39, 0.29) is 18.0 Å². The van der Waals surface area contributed by atoms with Gasteiger partial charge in [0.1, 0.15) is 0 Å². The summed E-state index contributed by atoms with van der Waals surface area (Å²) >= 11 is 6.07. The third-order valence-corrected chi connectivity index (χ3v) is 3.15. The summed E-state index contributed by atoms with van der Waals surface area (Å²) in [7, 11) is 0. The Balaban J connectivity index is 0.00000162. The summed E-state index contributed by atoms with van der Waals surface area (Å²) in [6, 6.07) is 4.87. The Labute approximate surface area is 117 Å². The molecular weight excluding hydrogens is 277 g/mol. The van der Waals surface area contributed by atoms with Crippen molar-refractivity contribution in [3.8, 4) is 0 Å². The molecule has 0 bridgehead atoms. The molecule has 0 aliphatic carbocycles. The van der Waals surface area contributed by atoms with Crippen molar-refractivity contribution in [1.29, 1.82) is 0 Å². The number of hydrogen-bond donors (Lipinski definition) is 1. The first-order chi connectivity index (χ1) is 8.16. The highest BCUT2D eigenvalue weighted by molar-refractivity contribution is 6.31. The third kappa shape index (κ3) is 3.85. The number of morpholine rings is 1. The number of nitrogens with zero attached hydrogens (tertiary/aromatic N) is 1. The molecule has 0 atom stereocenters. The molecule has 0 saturated carbocycles. The molecule has 0 unspecified atom stereocenters. The predicted octanol–water partition coefficient (Wildman–Crippen LogP) is 2.29. The Morgan fingerprint density at radius 2 is 2.06 bits per heavy atom. The van der Waals surface area contributed by atoms with Crippen molar-refractivity contribution < 1.29 is 14.6 Å². The number of ether oxygens (including phenoxy) is 1. The molecule has 1 fully saturated rings. The van der Waals surface area contributed by atoms with Gasteiger partial charge in [-0.2, -0.15) is 0 Å². The van der Waals surface area contributed by atoms with Gasteiger partial charge in [0, 0.05) is 24.7 Å². The maximum atomic E-state index is 10.8. The molecule has 1 N–H and O–H groups in total. The van der Waals surface area contributed by atoms with Gasteiger partial charge in [-0.1, -0.05) is 17.7 Å². The Morgan fingerprint density at radius 1 is 1.39 bits per heavy atom. The smallest absolute Gasteiger partial charge is 0.335 e. The van der Waals surface area contributed by atoms with E-state index in [9.17, 15) is 4.79 Å². The first-order valence-corrected chi connectivity index (χ1v) is 5.86. The van der Waals surface area contributed by atoms with Gasteiger partial charge in [0.25, 0.3) is 0 Å². The number of carboxylic acids is 1. The summed E-state index contributed by atoms with van der Waals surface area (Å²) in [6.07, 6.45) is 0. The molecule has 6 heteroatoms.